The maximum atomic E-state index is 12.6. The van der Waals surface area contributed by atoms with Crippen LogP contribution >= 0.6 is 11.3 Å². The lowest BCUT2D eigenvalue weighted by Gasteiger charge is -2.05. The molecule has 0 aliphatic carbocycles. The minimum Gasteiger partial charge on any atom is -0.383 e. The van der Waals surface area contributed by atoms with Crippen LogP contribution in [0, 0.1) is 22.9 Å². The highest BCUT2D eigenvalue weighted by Crippen LogP contribution is 2.34. The molecule has 0 aliphatic heterocycles. The number of thiophene rings is 1. The van der Waals surface area contributed by atoms with Gasteiger partial charge in [0.25, 0.3) is 5.69 Å². The molecular formula is C26H29FN4O3S. The van der Waals surface area contributed by atoms with E-state index in [9.17, 15) is 14.5 Å². The van der Waals surface area contributed by atoms with Crippen LogP contribution in [0.4, 0.5) is 10.1 Å². The molecule has 9 heteroatoms. The molecule has 0 unspecified atom stereocenters. The average Bonchev–Trinajstić information content (AvgIpc) is 3.30. The van der Waals surface area contributed by atoms with Gasteiger partial charge in [-0.2, -0.15) is 0 Å². The maximum absolute atomic E-state index is 12.6. The molecule has 0 aliphatic rings. The lowest BCUT2D eigenvalue weighted by atomic mass is 10.1. The number of methoxy groups -OCH3 is 1. The van der Waals surface area contributed by atoms with Crippen LogP contribution in [0.25, 0.3) is 20.8 Å². The van der Waals surface area contributed by atoms with Crippen molar-refractivity contribution in [2.45, 2.75) is 33.2 Å². The highest BCUT2D eigenvalue weighted by atomic mass is 32.1. The Kier molecular flexibility index (Phi) is 9.77. The van der Waals surface area contributed by atoms with Crippen LogP contribution in [-0.2, 0) is 17.7 Å². The van der Waals surface area contributed by atoms with E-state index < -0.39 is 10.7 Å². The Balaban J connectivity index is 0.000000261. The minimum absolute atomic E-state index is 0.215. The van der Waals surface area contributed by atoms with E-state index in [0.717, 1.165) is 48.9 Å². The number of pyridine rings is 2. The van der Waals surface area contributed by atoms with Crippen molar-refractivity contribution in [2.75, 3.05) is 20.3 Å². The number of nitro groups is 1. The molecule has 184 valence electrons. The smallest absolute Gasteiger partial charge is 0.272 e. The molecule has 3 aromatic heterocycles. The fraction of sp³-hybridized carbons (Fsp3) is 0.308. The molecule has 0 saturated carbocycles. The molecule has 0 saturated heterocycles. The van der Waals surface area contributed by atoms with Crippen LogP contribution < -0.4 is 5.32 Å². The summed E-state index contributed by atoms with van der Waals surface area (Å²) in [5, 5.41) is 13.4. The quantitative estimate of drug-likeness (QED) is 0.171. The summed E-state index contributed by atoms with van der Waals surface area (Å²) in [5.41, 5.74) is 4.72. The summed E-state index contributed by atoms with van der Waals surface area (Å²) in [6.45, 7) is 6.06. The van der Waals surface area contributed by atoms with Gasteiger partial charge in [-0.05, 0) is 54.8 Å². The molecule has 4 aromatic rings. The van der Waals surface area contributed by atoms with Gasteiger partial charge in [0, 0.05) is 32.5 Å². The van der Waals surface area contributed by atoms with Crippen molar-refractivity contribution < 1.29 is 14.1 Å². The number of nitro benzene ring substituents is 1. The second-order valence-corrected chi connectivity index (χ2v) is 8.97. The number of hydrogen-bond acceptors (Lipinski definition) is 7. The van der Waals surface area contributed by atoms with E-state index >= 15 is 0 Å². The Morgan fingerprint density at radius 3 is 2.74 bits per heavy atom. The predicted octanol–water partition coefficient (Wildman–Crippen LogP) is 6.09. The lowest BCUT2D eigenvalue weighted by Crippen LogP contribution is -2.19. The molecule has 0 amide bonds. The van der Waals surface area contributed by atoms with Gasteiger partial charge < -0.3 is 10.1 Å². The van der Waals surface area contributed by atoms with E-state index in [1.165, 1.54) is 27.3 Å². The summed E-state index contributed by atoms with van der Waals surface area (Å²) in [4.78, 5) is 20.0. The van der Waals surface area contributed by atoms with Crippen molar-refractivity contribution in [1.29, 1.82) is 0 Å². The molecule has 0 fully saturated rings. The van der Waals surface area contributed by atoms with E-state index in [2.05, 4.69) is 47.6 Å². The fourth-order valence-electron chi connectivity index (χ4n) is 3.38. The lowest BCUT2D eigenvalue weighted by molar-refractivity contribution is -0.385. The number of non-ortho nitro benzene ring substituents is 1. The summed E-state index contributed by atoms with van der Waals surface area (Å²) in [6, 6.07) is 14.1. The first-order valence-electron chi connectivity index (χ1n) is 11.4. The van der Waals surface area contributed by atoms with Crippen LogP contribution in [-0.4, -0.2) is 35.2 Å². The fourth-order valence-corrected chi connectivity index (χ4v) is 4.51. The zero-order chi connectivity index (χ0) is 25.2. The maximum Gasteiger partial charge on any atom is 0.272 e. The van der Waals surface area contributed by atoms with Crippen molar-refractivity contribution in [3.8, 4) is 10.6 Å². The summed E-state index contributed by atoms with van der Waals surface area (Å²) in [5.74, 6) is -0.542. The van der Waals surface area contributed by atoms with E-state index in [-0.39, 0.29) is 5.69 Å². The molecule has 0 spiro atoms. The van der Waals surface area contributed by atoms with Crippen LogP contribution in [0.15, 0.2) is 54.7 Å². The second-order valence-electron chi connectivity index (χ2n) is 7.92. The third kappa shape index (κ3) is 7.35. The van der Waals surface area contributed by atoms with Gasteiger partial charge in [0.1, 0.15) is 5.82 Å². The van der Waals surface area contributed by atoms with Crippen molar-refractivity contribution in [3.05, 3.63) is 87.5 Å². The van der Waals surface area contributed by atoms with Crippen LogP contribution in [0.3, 0.4) is 0 Å². The third-order valence-electron chi connectivity index (χ3n) is 5.23. The Hall–Kier alpha value is -3.27. The Morgan fingerprint density at radius 2 is 2.03 bits per heavy atom. The zero-order valence-electron chi connectivity index (χ0n) is 20.1. The molecule has 3 heterocycles. The number of aromatic nitrogens is 2. The van der Waals surface area contributed by atoms with E-state index in [1.54, 1.807) is 25.4 Å². The Bertz CT molecular complexity index is 1280. The highest BCUT2D eigenvalue weighted by Gasteiger charge is 2.10. The van der Waals surface area contributed by atoms with Gasteiger partial charge in [-0.25, -0.2) is 4.39 Å². The number of halogens is 1. The molecule has 0 bridgehead atoms. The molecular weight excluding hydrogens is 467 g/mol. The van der Waals surface area contributed by atoms with Gasteiger partial charge in [0.2, 0.25) is 0 Å². The molecule has 35 heavy (non-hydrogen) atoms. The monoisotopic (exact) mass is 496 g/mol. The zero-order valence-corrected chi connectivity index (χ0v) is 20.9. The van der Waals surface area contributed by atoms with Gasteiger partial charge in [0.05, 0.1) is 44.1 Å². The van der Waals surface area contributed by atoms with Gasteiger partial charge in [-0.1, -0.05) is 19.4 Å². The van der Waals surface area contributed by atoms with E-state index in [1.807, 2.05) is 6.20 Å². The number of ether oxygens (including phenoxy) is 1. The first-order chi connectivity index (χ1) is 16.9. The first-order valence-corrected chi connectivity index (χ1v) is 12.2. The van der Waals surface area contributed by atoms with E-state index in [4.69, 9.17) is 9.72 Å². The highest BCUT2D eigenvalue weighted by molar-refractivity contribution is 7.22. The topological polar surface area (TPSA) is 90.2 Å². The van der Waals surface area contributed by atoms with Crippen molar-refractivity contribution in [1.82, 2.24) is 15.3 Å². The van der Waals surface area contributed by atoms with Crippen LogP contribution in [0.5, 0.6) is 0 Å². The SMILES string of the molecule is CCCc1ccnc2cc(-c3cccc(CNCCOC)n3)sc12.Cc1ccc([N+](=O)[O-])cc1F. The van der Waals surface area contributed by atoms with Gasteiger partial charge in [-0.15, -0.1) is 11.3 Å². The summed E-state index contributed by atoms with van der Waals surface area (Å²) in [6.07, 6.45) is 4.15. The molecule has 0 atom stereocenters. The Labute approximate surface area is 208 Å². The number of nitrogens with one attached hydrogen (secondary N) is 1. The number of rotatable bonds is 9. The molecule has 1 N–H and O–H groups in total. The van der Waals surface area contributed by atoms with E-state index in [0.29, 0.717) is 12.2 Å². The standard InChI is InChI=1S/C19H23N3OS.C7H6FNO2/c1-3-5-14-8-9-21-17-12-18(24-19(14)17)16-7-4-6-15(22-16)13-20-10-11-23-2;1-5-2-3-6(9(10)11)4-7(5)8/h4,6-9,12,20H,3,5,10-11,13H2,1-2H3;2-4H,1H3. The van der Waals surface area contributed by atoms with Crippen molar-refractivity contribution in [2.24, 2.45) is 0 Å². The predicted molar refractivity (Wildman–Crippen MR) is 138 cm³/mol. The molecule has 0 radical (unpaired) electrons. The number of aryl methyl sites for hydroxylation is 2. The van der Waals surface area contributed by atoms with Gasteiger partial charge in [0.15, 0.2) is 0 Å². The largest absolute Gasteiger partial charge is 0.383 e. The number of nitrogens with zero attached hydrogens (tertiary/aromatic N) is 3. The molecule has 1 aromatic carbocycles. The van der Waals surface area contributed by atoms with Crippen LogP contribution in [0.2, 0.25) is 0 Å². The average molecular weight is 497 g/mol. The molecule has 4 rings (SSSR count). The summed E-state index contributed by atoms with van der Waals surface area (Å²) >= 11 is 1.79. The Morgan fingerprint density at radius 1 is 1.20 bits per heavy atom. The van der Waals surface area contributed by atoms with Gasteiger partial charge >= 0.3 is 0 Å². The summed E-state index contributed by atoms with van der Waals surface area (Å²) < 4.78 is 19.0. The summed E-state index contributed by atoms with van der Waals surface area (Å²) in [7, 11) is 1.71. The first kappa shape index (κ1) is 26.3. The number of hydrogen-bond donors (Lipinski definition) is 1. The van der Waals surface area contributed by atoms with Crippen LogP contribution in [0.1, 0.15) is 30.2 Å². The van der Waals surface area contributed by atoms with Crippen molar-refractivity contribution in [3.63, 3.8) is 0 Å². The van der Waals surface area contributed by atoms with Crippen molar-refractivity contribution >= 4 is 27.2 Å². The normalized spacial score (nSPS) is 10.7. The second kappa shape index (κ2) is 13.0. The van der Waals surface area contributed by atoms with Gasteiger partial charge in [-0.3, -0.25) is 20.1 Å². The molecule has 7 nitrogen and oxygen atoms in total. The minimum atomic E-state index is -0.622. The number of fused-ring (bicyclic) bond motifs is 1. The number of benzene rings is 1. The third-order valence-corrected chi connectivity index (χ3v) is 6.45.